The van der Waals surface area contributed by atoms with E-state index in [0.29, 0.717) is 5.69 Å². The second-order valence-electron chi connectivity index (χ2n) is 4.80. The van der Waals surface area contributed by atoms with Crippen LogP contribution in [0.4, 0.5) is 11.4 Å². The molecular weight excluding hydrogens is 335 g/mol. The summed E-state index contributed by atoms with van der Waals surface area (Å²) in [5.41, 5.74) is 3.43. The minimum Gasteiger partial charge on any atom is -0.478 e. The summed E-state index contributed by atoms with van der Waals surface area (Å²) in [5.74, 6) is -0.951. The largest absolute Gasteiger partial charge is 0.478 e. The van der Waals surface area contributed by atoms with Gasteiger partial charge in [0.15, 0.2) is 0 Å². The molecule has 0 amide bonds. The fourth-order valence-electron chi connectivity index (χ4n) is 2.33. The average Bonchev–Trinajstić information content (AvgIpc) is 2.47. The number of anilines is 2. The Labute approximate surface area is 146 Å². The van der Waals surface area contributed by atoms with Gasteiger partial charge in [0.05, 0.1) is 16.8 Å². The third-order valence-corrected chi connectivity index (χ3v) is 3.27. The molecular formula is C17H16Cl2N2O2. The first kappa shape index (κ1) is 18.7. The summed E-state index contributed by atoms with van der Waals surface area (Å²) in [4.78, 5) is 15.8. The summed E-state index contributed by atoms with van der Waals surface area (Å²) in [6.07, 6.45) is 0. The zero-order valence-corrected chi connectivity index (χ0v) is 13.9. The van der Waals surface area contributed by atoms with Crippen LogP contribution in [0.2, 0.25) is 0 Å². The molecule has 1 heterocycles. The fourth-order valence-corrected chi connectivity index (χ4v) is 2.33. The number of aromatic carboxylic acids is 1. The molecule has 23 heavy (non-hydrogen) atoms. The third-order valence-electron chi connectivity index (χ3n) is 3.27. The topological polar surface area (TPSA) is 62.2 Å². The lowest BCUT2D eigenvalue weighted by Crippen LogP contribution is -2.03. The molecule has 0 saturated heterocycles. The van der Waals surface area contributed by atoms with Crippen molar-refractivity contribution in [1.29, 1.82) is 0 Å². The van der Waals surface area contributed by atoms with Crippen molar-refractivity contribution < 1.29 is 9.90 Å². The zero-order chi connectivity index (χ0) is 14.8. The van der Waals surface area contributed by atoms with Crippen LogP contribution in [0.15, 0.2) is 54.6 Å². The highest BCUT2D eigenvalue weighted by atomic mass is 35.5. The first-order chi connectivity index (χ1) is 10.1. The van der Waals surface area contributed by atoms with Gasteiger partial charge in [0, 0.05) is 16.8 Å². The lowest BCUT2D eigenvalue weighted by Gasteiger charge is -2.12. The molecule has 6 heteroatoms. The van der Waals surface area contributed by atoms with Gasteiger partial charge in [-0.15, -0.1) is 24.8 Å². The molecule has 0 spiro atoms. The summed E-state index contributed by atoms with van der Waals surface area (Å²) in [6.45, 7) is 1.92. The van der Waals surface area contributed by atoms with Gasteiger partial charge < -0.3 is 10.4 Å². The summed E-state index contributed by atoms with van der Waals surface area (Å²) >= 11 is 0. The number of benzene rings is 2. The van der Waals surface area contributed by atoms with Gasteiger partial charge in [-0.3, -0.25) is 4.98 Å². The number of pyridine rings is 1. The summed E-state index contributed by atoms with van der Waals surface area (Å²) in [7, 11) is 0. The molecule has 0 saturated carbocycles. The van der Waals surface area contributed by atoms with E-state index in [0.717, 1.165) is 22.3 Å². The summed E-state index contributed by atoms with van der Waals surface area (Å²) < 4.78 is 0. The van der Waals surface area contributed by atoms with E-state index in [1.807, 2.05) is 43.3 Å². The van der Waals surface area contributed by atoms with Gasteiger partial charge >= 0.3 is 5.97 Å². The highest BCUT2D eigenvalue weighted by Gasteiger charge is 2.11. The zero-order valence-electron chi connectivity index (χ0n) is 12.3. The molecule has 4 nitrogen and oxygen atoms in total. The van der Waals surface area contributed by atoms with Crippen LogP contribution in [0, 0.1) is 6.92 Å². The van der Waals surface area contributed by atoms with Crippen molar-refractivity contribution in [2.45, 2.75) is 6.92 Å². The predicted octanol–water partition coefficient (Wildman–Crippen LogP) is 4.83. The van der Waals surface area contributed by atoms with E-state index in [2.05, 4.69) is 10.3 Å². The van der Waals surface area contributed by atoms with Crippen LogP contribution in [-0.2, 0) is 0 Å². The van der Waals surface area contributed by atoms with Crippen molar-refractivity contribution >= 4 is 53.1 Å². The fraction of sp³-hybridized carbons (Fsp3) is 0.0588. The van der Waals surface area contributed by atoms with Crippen molar-refractivity contribution in [2.24, 2.45) is 0 Å². The number of carboxylic acid groups (broad SMARTS) is 1. The highest BCUT2D eigenvalue weighted by Crippen LogP contribution is 2.27. The van der Waals surface area contributed by atoms with Gasteiger partial charge in [-0.1, -0.05) is 30.3 Å². The van der Waals surface area contributed by atoms with Crippen LogP contribution in [0.3, 0.4) is 0 Å². The van der Waals surface area contributed by atoms with Gasteiger partial charge in [0.25, 0.3) is 0 Å². The Hall–Kier alpha value is -2.30. The van der Waals surface area contributed by atoms with Gasteiger partial charge in [0.2, 0.25) is 0 Å². The first-order valence-electron chi connectivity index (χ1n) is 6.61. The Balaban J connectivity index is 0.00000132. The summed E-state index contributed by atoms with van der Waals surface area (Å²) in [6, 6.07) is 16.6. The Bertz CT molecular complexity index is 838. The maximum Gasteiger partial charge on any atom is 0.337 e. The molecule has 0 unspecified atom stereocenters. The minimum atomic E-state index is -0.951. The molecule has 3 rings (SSSR count). The molecule has 0 atom stereocenters. The molecule has 2 N–H and O–H groups in total. The van der Waals surface area contributed by atoms with Crippen LogP contribution < -0.4 is 5.32 Å². The van der Waals surface area contributed by atoms with E-state index in [4.69, 9.17) is 0 Å². The Morgan fingerprint density at radius 3 is 2.39 bits per heavy atom. The Kier molecular flexibility index (Phi) is 6.37. The number of nitrogens with one attached hydrogen (secondary N) is 1. The quantitative estimate of drug-likeness (QED) is 0.710. The van der Waals surface area contributed by atoms with Crippen LogP contribution in [0.5, 0.6) is 0 Å². The predicted molar refractivity (Wildman–Crippen MR) is 97.7 cm³/mol. The maximum absolute atomic E-state index is 11.3. The number of carbonyl (C=O) groups is 1. The van der Waals surface area contributed by atoms with Crippen LogP contribution in [-0.4, -0.2) is 16.1 Å². The van der Waals surface area contributed by atoms with E-state index in [1.165, 1.54) is 0 Å². The van der Waals surface area contributed by atoms with E-state index < -0.39 is 5.97 Å². The molecule has 0 bridgehead atoms. The third kappa shape index (κ3) is 3.92. The second-order valence-corrected chi connectivity index (χ2v) is 4.80. The van der Waals surface area contributed by atoms with Crippen molar-refractivity contribution in [3.05, 3.63) is 65.9 Å². The monoisotopic (exact) mass is 350 g/mol. The number of hydrogen-bond acceptors (Lipinski definition) is 3. The number of rotatable bonds is 3. The number of nitrogens with zero attached hydrogens (tertiary/aromatic N) is 1. The Morgan fingerprint density at radius 2 is 1.65 bits per heavy atom. The number of halogens is 2. The number of aryl methyl sites for hydroxylation is 1. The van der Waals surface area contributed by atoms with Crippen molar-refractivity contribution in [2.75, 3.05) is 5.32 Å². The average molecular weight is 351 g/mol. The normalized spacial score (nSPS) is 9.61. The van der Waals surface area contributed by atoms with Gasteiger partial charge in [-0.2, -0.15) is 0 Å². The van der Waals surface area contributed by atoms with Gasteiger partial charge in [-0.05, 0) is 31.2 Å². The lowest BCUT2D eigenvalue weighted by molar-refractivity contribution is 0.0698. The Morgan fingerprint density at radius 1 is 1.00 bits per heavy atom. The van der Waals surface area contributed by atoms with E-state index in [9.17, 15) is 9.90 Å². The van der Waals surface area contributed by atoms with Gasteiger partial charge in [0.1, 0.15) is 0 Å². The molecule has 3 aromatic rings. The second kappa shape index (κ2) is 7.81. The smallest absolute Gasteiger partial charge is 0.337 e. The van der Waals surface area contributed by atoms with Crippen molar-refractivity contribution in [3.8, 4) is 0 Å². The van der Waals surface area contributed by atoms with E-state index in [-0.39, 0.29) is 30.4 Å². The molecule has 0 aliphatic heterocycles. The van der Waals surface area contributed by atoms with Crippen LogP contribution in [0.25, 0.3) is 10.9 Å². The summed E-state index contributed by atoms with van der Waals surface area (Å²) in [5, 5.41) is 13.4. The van der Waals surface area contributed by atoms with E-state index >= 15 is 0 Å². The molecule has 0 aliphatic carbocycles. The molecule has 1 aromatic heterocycles. The minimum absolute atomic E-state index is 0. The van der Waals surface area contributed by atoms with E-state index in [1.54, 1.807) is 18.2 Å². The standard InChI is InChI=1S/C17H14N2O2.2ClH/c1-11-10-16(12-6-2-4-8-14(12)18-11)19-15-9-5-3-7-13(15)17(20)21;;/h2-10H,1H3,(H,18,19)(H,20,21);2*1H. The molecule has 120 valence electrons. The molecule has 0 fully saturated rings. The lowest BCUT2D eigenvalue weighted by atomic mass is 10.1. The van der Waals surface area contributed by atoms with Crippen LogP contribution >= 0.6 is 24.8 Å². The van der Waals surface area contributed by atoms with Crippen molar-refractivity contribution in [1.82, 2.24) is 4.98 Å². The number of fused-ring (bicyclic) bond motifs is 1. The highest BCUT2D eigenvalue weighted by molar-refractivity contribution is 5.98. The number of carboxylic acids is 1. The van der Waals surface area contributed by atoms with Crippen LogP contribution in [0.1, 0.15) is 16.1 Å². The van der Waals surface area contributed by atoms with Gasteiger partial charge in [-0.25, -0.2) is 4.79 Å². The maximum atomic E-state index is 11.3. The number of aromatic nitrogens is 1. The first-order valence-corrected chi connectivity index (χ1v) is 6.61. The molecule has 0 radical (unpaired) electrons. The molecule has 0 aliphatic rings. The number of hydrogen-bond donors (Lipinski definition) is 2. The molecule has 2 aromatic carbocycles. The number of para-hydroxylation sites is 2. The van der Waals surface area contributed by atoms with Crippen molar-refractivity contribution in [3.63, 3.8) is 0 Å². The SMILES string of the molecule is Cc1cc(Nc2ccccc2C(=O)O)c2ccccc2n1.Cl.Cl.